The van der Waals surface area contributed by atoms with E-state index in [0.717, 1.165) is 10.7 Å². The van der Waals surface area contributed by atoms with Gasteiger partial charge in [0.1, 0.15) is 11.9 Å². The number of aliphatic hydroxyl groups excluding tert-OH is 2. The van der Waals surface area contributed by atoms with Crippen LogP contribution in [0.25, 0.3) is 6.08 Å². The van der Waals surface area contributed by atoms with Crippen LogP contribution < -0.4 is 0 Å². The number of ether oxygens (including phenoxy) is 1. The Balaban J connectivity index is 2.34. The highest BCUT2D eigenvalue weighted by Gasteiger charge is 2.42. The Kier molecular flexibility index (Phi) is 9.91. The van der Waals surface area contributed by atoms with Crippen molar-refractivity contribution in [2.45, 2.75) is 85.5 Å². The number of carbonyl (C=O) groups excluding carboxylic acids is 3. The molecule has 188 valence electrons. The first kappa shape index (κ1) is 28.1. The van der Waals surface area contributed by atoms with E-state index in [1.165, 1.54) is 17.4 Å². The van der Waals surface area contributed by atoms with Crippen molar-refractivity contribution in [3.05, 3.63) is 33.8 Å². The number of cyclic esters (lactones) is 1. The second-order valence-electron chi connectivity index (χ2n) is 9.87. The fraction of sp³-hybridized carbons (Fsp3) is 0.615. The molecule has 2 N–H and O–H groups in total. The van der Waals surface area contributed by atoms with Gasteiger partial charge in [0.15, 0.2) is 5.78 Å². The van der Waals surface area contributed by atoms with Gasteiger partial charge >= 0.3 is 5.97 Å². The third-order valence-electron chi connectivity index (χ3n) is 6.61. The number of allylic oxidation sites excluding steroid dienone is 2. The van der Waals surface area contributed by atoms with E-state index in [1.807, 2.05) is 19.2 Å². The number of esters is 1. The summed E-state index contributed by atoms with van der Waals surface area (Å²) in [7, 11) is 0. The van der Waals surface area contributed by atoms with E-state index >= 15 is 0 Å². The highest BCUT2D eigenvalue weighted by Crippen LogP contribution is 2.32. The van der Waals surface area contributed by atoms with Gasteiger partial charge in [-0.05, 0) is 50.3 Å². The van der Waals surface area contributed by atoms with Crippen LogP contribution in [0.3, 0.4) is 0 Å². The van der Waals surface area contributed by atoms with E-state index in [0.29, 0.717) is 18.4 Å². The zero-order valence-corrected chi connectivity index (χ0v) is 21.7. The summed E-state index contributed by atoms with van der Waals surface area (Å²) in [6.45, 7) is 10.3. The average Bonchev–Trinajstić information content (AvgIpc) is 3.17. The molecule has 0 bridgehead atoms. The molecule has 5 atom stereocenters. The third kappa shape index (κ3) is 7.42. The molecule has 2 heterocycles. The number of aliphatic hydroxyl groups is 2. The number of Topliss-reactive ketones (excluding diaryl/α,β-unsaturated/α-hetero) is 1. The van der Waals surface area contributed by atoms with Gasteiger partial charge in [-0.3, -0.25) is 14.4 Å². The number of ketones is 2. The van der Waals surface area contributed by atoms with Crippen LogP contribution in [0.1, 0.15) is 71.0 Å². The van der Waals surface area contributed by atoms with Gasteiger partial charge in [0, 0.05) is 11.3 Å². The lowest BCUT2D eigenvalue weighted by Crippen LogP contribution is -2.45. The molecule has 0 fully saturated rings. The molecular weight excluding hydrogens is 454 g/mol. The Morgan fingerprint density at radius 3 is 2.50 bits per heavy atom. The van der Waals surface area contributed by atoms with Crippen LogP contribution in [0.15, 0.2) is 23.1 Å². The fourth-order valence-electron chi connectivity index (χ4n) is 4.08. The maximum Gasteiger partial charge on any atom is 0.309 e. The zero-order chi connectivity index (χ0) is 25.6. The lowest BCUT2D eigenvalue weighted by atomic mass is 9.73. The van der Waals surface area contributed by atoms with Crippen molar-refractivity contribution in [1.82, 2.24) is 4.98 Å². The van der Waals surface area contributed by atoms with Crippen LogP contribution in [0.2, 0.25) is 0 Å². The summed E-state index contributed by atoms with van der Waals surface area (Å²) >= 11 is 1.50. The van der Waals surface area contributed by atoms with E-state index < -0.39 is 42.0 Å². The Labute approximate surface area is 205 Å². The summed E-state index contributed by atoms with van der Waals surface area (Å²) in [5, 5.41) is 24.2. The highest BCUT2D eigenvalue weighted by atomic mass is 32.1. The minimum atomic E-state index is -1.30. The van der Waals surface area contributed by atoms with Gasteiger partial charge in [-0.1, -0.05) is 33.8 Å². The molecule has 0 radical (unpaired) electrons. The second kappa shape index (κ2) is 12.0. The molecule has 7 nitrogen and oxygen atoms in total. The van der Waals surface area contributed by atoms with Crippen LogP contribution in [-0.2, 0) is 19.1 Å². The number of carbonyl (C=O) groups is 3. The Hall–Kier alpha value is -2.16. The maximum atomic E-state index is 13.1. The lowest BCUT2D eigenvalue weighted by molar-refractivity contribution is -0.154. The molecule has 0 aliphatic carbocycles. The number of aryl methyl sites for hydroxylation is 1. The molecule has 1 aromatic heterocycles. The van der Waals surface area contributed by atoms with E-state index in [1.54, 1.807) is 39.8 Å². The number of thiazole rings is 1. The summed E-state index contributed by atoms with van der Waals surface area (Å²) < 4.78 is 5.62. The lowest BCUT2D eigenvalue weighted by Gasteiger charge is -2.34. The van der Waals surface area contributed by atoms with Crippen LogP contribution >= 0.6 is 11.3 Å². The normalized spacial score (nSPS) is 30.3. The number of hydrogen-bond acceptors (Lipinski definition) is 8. The van der Waals surface area contributed by atoms with Gasteiger partial charge in [-0.15, -0.1) is 11.3 Å². The molecule has 1 aromatic rings. The zero-order valence-electron chi connectivity index (χ0n) is 20.9. The summed E-state index contributed by atoms with van der Waals surface area (Å²) in [4.78, 5) is 42.8. The van der Waals surface area contributed by atoms with E-state index in [9.17, 15) is 24.6 Å². The van der Waals surface area contributed by atoms with Crippen LogP contribution in [0.5, 0.6) is 0 Å². The number of nitrogens with zero attached hydrogens (tertiary/aromatic N) is 1. The average molecular weight is 492 g/mol. The first-order chi connectivity index (χ1) is 15.8. The summed E-state index contributed by atoms with van der Waals surface area (Å²) in [6.07, 6.45) is 2.72. The van der Waals surface area contributed by atoms with Crippen LogP contribution in [0.4, 0.5) is 0 Å². The van der Waals surface area contributed by atoms with Gasteiger partial charge in [-0.25, -0.2) is 4.98 Å². The topological polar surface area (TPSA) is 114 Å². The molecule has 1 aliphatic heterocycles. The van der Waals surface area contributed by atoms with E-state index in [4.69, 9.17) is 4.74 Å². The molecule has 0 saturated carbocycles. The molecule has 1 aliphatic rings. The fourth-order valence-corrected chi connectivity index (χ4v) is 4.65. The number of rotatable bonds is 2. The summed E-state index contributed by atoms with van der Waals surface area (Å²) in [5.74, 6) is -2.09. The van der Waals surface area contributed by atoms with E-state index in [-0.39, 0.29) is 23.9 Å². The van der Waals surface area contributed by atoms with Gasteiger partial charge in [-0.2, -0.15) is 0 Å². The minimum absolute atomic E-state index is 0.0404. The van der Waals surface area contributed by atoms with Crippen molar-refractivity contribution in [1.29, 1.82) is 0 Å². The Morgan fingerprint density at radius 2 is 1.88 bits per heavy atom. The van der Waals surface area contributed by atoms with Gasteiger partial charge in [0.2, 0.25) is 0 Å². The molecule has 0 aromatic carbocycles. The van der Waals surface area contributed by atoms with Gasteiger partial charge in [0.05, 0.1) is 41.2 Å². The molecule has 0 spiro atoms. The van der Waals surface area contributed by atoms with Gasteiger partial charge in [0.25, 0.3) is 0 Å². The third-order valence-corrected chi connectivity index (χ3v) is 7.40. The smallest absolute Gasteiger partial charge is 0.309 e. The van der Waals surface area contributed by atoms with Crippen molar-refractivity contribution in [3.8, 4) is 0 Å². The maximum absolute atomic E-state index is 13.1. The molecule has 0 unspecified atom stereocenters. The Bertz CT molecular complexity index is 947. The predicted octanol–water partition coefficient (Wildman–Crippen LogP) is 4.06. The monoisotopic (exact) mass is 491 g/mol. The molecular formula is C26H37NO6S. The SMILES string of the molecule is CC(=Cc1csc(C)n1)[C@@H]1CC(=O)C=CCC[C@H](C)[C@H](O)[C@@H](C)C(=O)C(C)(C)[C@@H](O)CC(=O)O1. The van der Waals surface area contributed by atoms with Crippen LogP contribution in [-0.4, -0.2) is 51.0 Å². The first-order valence-electron chi connectivity index (χ1n) is 11.7. The van der Waals surface area contributed by atoms with Crippen molar-refractivity contribution in [3.63, 3.8) is 0 Å². The van der Waals surface area contributed by atoms with Gasteiger partial charge < -0.3 is 14.9 Å². The quantitative estimate of drug-likeness (QED) is 0.600. The van der Waals surface area contributed by atoms with E-state index in [2.05, 4.69) is 4.98 Å². The summed E-state index contributed by atoms with van der Waals surface area (Å²) in [5.41, 5.74) is 0.126. The largest absolute Gasteiger partial charge is 0.457 e. The van der Waals surface area contributed by atoms with Crippen LogP contribution in [0, 0.1) is 24.2 Å². The molecule has 0 amide bonds. The van der Waals surface area contributed by atoms with Crippen molar-refractivity contribution < 1.29 is 29.3 Å². The molecule has 8 heteroatoms. The van der Waals surface area contributed by atoms with Crippen molar-refractivity contribution >= 4 is 34.9 Å². The molecule has 34 heavy (non-hydrogen) atoms. The number of aromatic nitrogens is 1. The molecule has 0 saturated heterocycles. The number of hydrogen-bond donors (Lipinski definition) is 2. The summed E-state index contributed by atoms with van der Waals surface area (Å²) in [6, 6.07) is 0. The van der Waals surface area contributed by atoms with Crippen molar-refractivity contribution in [2.75, 3.05) is 0 Å². The first-order valence-corrected chi connectivity index (χ1v) is 12.6. The minimum Gasteiger partial charge on any atom is -0.457 e. The Morgan fingerprint density at radius 1 is 1.21 bits per heavy atom. The second-order valence-corrected chi connectivity index (χ2v) is 10.9. The standard InChI is InChI=1S/C26H37NO6S/c1-15-9-7-8-10-20(28)12-21(16(2)11-19-14-34-18(4)27-19)33-23(30)13-22(29)26(5,6)25(32)17(3)24(15)31/h8,10-11,14-15,17,21-22,24,29,31H,7,9,12-13H2,1-6H3/t15-,17+,21-,22-,24-/m0/s1. The van der Waals surface area contributed by atoms with Crippen molar-refractivity contribution in [2.24, 2.45) is 17.3 Å². The molecule has 2 rings (SSSR count). The predicted molar refractivity (Wildman–Crippen MR) is 132 cm³/mol. The highest BCUT2D eigenvalue weighted by molar-refractivity contribution is 7.09.